The average molecular weight is 266 g/mol. The van der Waals surface area contributed by atoms with Crippen molar-refractivity contribution in [1.29, 1.82) is 0 Å². The minimum atomic E-state index is -0.201. The minimum absolute atomic E-state index is 0.0506. The fourth-order valence-electron chi connectivity index (χ4n) is 3.00. The Bertz CT molecular complexity index is 555. The second kappa shape index (κ2) is 4.96. The van der Waals surface area contributed by atoms with Crippen molar-refractivity contribution >= 4 is 11.8 Å². The van der Waals surface area contributed by atoms with Gasteiger partial charge in [-0.3, -0.25) is 9.36 Å². The maximum atomic E-state index is 12.5. The summed E-state index contributed by atoms with van der Waals surface area (Å²) < 4.78 is 1.48. The zero-order valence-electron chi connectivity index (χ0n) is 10.4. The molecule has 2 heterocycles. The van der Waals surface area contributed by atoms with Crippen LogP contribution in [0.2, 0.25) is 0 Å². The van der Waals surface area contributed by atoms with Gasteiger partial charge in [0.15, 0.2) is 0 Å². The normalized spacial score (nSPS) is 20.7. The number of aryl methyl sites for hydroxylation is 1. The molecule has 0 radical (unpaired) electrons. The predicted molar refractivity (Wildman–Crippen MR) is 72.5 cm³/mol. The summed E-state index contributed by atoms with van der Waals surface area (Å²) in [7, 11) is 0. The number of hydrogen-bond donors (Lipinski definition) is 1. The molecule has 1 saturated carbocycles. The maximum Gasteiger partial charge on any atom is 0.328 e. The highest BCUT2D eigenvalue weighted by Gasteiger charge is 2.23. The van der Waals surface area contributed by atoms with Crippen molar-refractivity contribution in [3.63, 3.8) is 0 Å². The van der Waals surface area contributed by atoms with Crippen LogP contribution in [-0.2, 0) is 6.42 Å². The molecule has 0 saturated heterocycles. The van der Waals surface area contributed by atoms with E-state index in [0.717, 1.165) is 54.9 Å². The highest BCUT2D eigenvalue weighted by atomic mass is 32.2. The van der Waals surface area contributed by atoms with Crippen LogP contribution in [0.3, 0.4) is 0 Å². The summed E-state index contributed by atoms with van der Waals surface area (Å²) in [5.41, 5.74) is 0.604. The molecule has 0 atom stereocenters. The Kier molecular flexibility index (Phi) is 3.33. The molecule has 5 heteroatoms. The molecule has 1 aromatic rings. The van der Waals surface area contributed by atoms with Gasteiger partial charge in [0.25, 0.3) is 5.56 Å². The molecule has 2 aliphatic rings. The van der Waals surface area contributed by atoms with Crippen LogP contribution in [0.5, 0.6) is 0 Å². The lowest BCUT2D eigenvalue weighted by molar-refractivity contribution is 0.332. The number of rotatable bonds is 1. The molecule has 1 aliphatic heterocycles. The number of nitrogens with one attached hydrogen (secondary N) is 1. The van der Waals surface area contributed by atoms with Crippen LogP contribution in [-0.4, -0.2) is 15.3 Å². The van der Waals surface area contributed by atoms with Crippen LogP contribution in [0.1, 0.15) is 50.3 Å². The Hall–Kier alpha value is -0.970. The molecular formula is C13H18N2O2S. The van der Waals surface area contributed by atoms with Gasteiger partial charge in [0, 0.05) is 11.7 Å². The number of H-pyrrole nitrogens is 1. The third-order valence-electron chi connectivity index (χ3n) is 3.92. The number of aromatic nitrogens is 2. The molecule has 1 N–H and O–H groups in total. The van der Waals surface area contributed by atoms with Gasteiger partial charge in [-0.05, 0) is 31.4 Å². The van der Waals surface area contributed by atoms with E-state index in [4.69, 9.17) is 0 Å². The second-order valence-corrected chi connectivity index (χ2v) is 6.26. The topological polar surface area (TPSA) is 54.9 Å². The van der Waals surface area contributed by atoms with Crippen molar-refractivity contribution in [3.05, 3.63) is 26.5 Å². The molecule has 1 aromatic heterocycles. The lowest BCUT2D eigenvalue weighted by Crippen LogP contribution is -2.41. The van der Waals surface area contributed by atoms with E-state index in [1.807, 2.05) is 0 Å². The predicted octanol–water partition coefficient (Wildman–Crippen LogP) is 2.08. The summed E-state index contributed by atoms with van der Waals surface area (Å²) in [5, 5.41) is 0. The van der Waals surface area contributed by atoms with Gasteiger partial charge in [0.1, 0.15) is 0 Å². The molecule has 1 aliphatic carbocycles. The molecule has 98 valence electrons. The standard InChI is InChI=1S/C13H18N2O2S/c16-12-11-10(7-4-8-18-11)14-13(17)15(12)9-5-2-1-3-6-9/h9H,1-8H2,(H,14,17). The van der Waals surface area contributed by atoms with Crippen LogP contribution in [0.25, 0.3) is 0 Å². The average Bonchev–Trinajstić information content (AvgIpc) is 2.40. The monoisotopic (exact) mass is 266 g/mol. The van der Waals surface area contributed by atoms with Gasteiger partial charge < -0.3 is 4.98 Å². The first-order chi connectivity index (χ1) is 8.77. The third kappa shape index (κ3) is 2.05. The van der Waals surface area contributed by atoms with Crippen molar-refractivity contribution in [2.24, 2.45) is 0 Å². The van der Waals surface area contributed by atoms with Crippen molar-refractivity contribution in [2.45, 2.75) is 55.9 Å². The van der Waals surface area contributed by atoms with E-state index in [1.165, 1.54) is 11.0 Å². The van der Waals surface area contributed by atoms with Gasteiger partial charge in [-0.1, -0.05) is 19.3 Å². The molecule has 0 spiro atoms. The summed E-state index contributed by atoms with van der Waals surface area (Å²) in [5.74, 6) is 0.985. The summed E-state index contributed by atoms with van der Waals surface area (Å²) in [6, 6.07) is 0.114. The maximum absolute atomic E-state index is 12.5. The van der Waals surface area contributed by atoms with Gasteiger partial charge in [-0.15, -0.1) is 11.8 Å². The second-order valence-electron chi connectivity index (χ2n) is 5.16. The molecule has 0 amide bonds. The third-order valence-corrected chi connectivity index (χ3v) is 5.12. The van der Waals surface area contributed by atoms with E-state index >= 15 is 0 Å². The quantitative estimate of drug-likeness (QED) is 0.846. The molecule has 0 aromatic carbocycles. The van der Waals surface area contributed by atoms with Gasteiger partial charge in [0.05, 0.1) is 4.90 Å². The van der Waals surface area contributed by atoms with E-state index in [9.17, 15) is 9.59 Å². The summed E-state index contributed by atoms with van der Waals surface area (Å²) >= 11 is 1.60. The fraction of sp³-hybridized carbons (Fsp3) is 0.692. The van der Waals surface area contributed by atoms with Gasteiger partial charge in [-0.2, -0.15) is 0 Å². The number of thioether (sulfide) groups is 1. The Morgan fingerprint density at radius 3 is 2.67 bits per heavy atom. The Balaban J connectivity index is 2.09. The Morgan fingerprint density at radius 2 is 1.89 bits per heavy atom. The van der Waals surface area contributed by atoms with E-state index in [-0.39, 0.29) is 17.3 Å². The van der Waals surface area contributed by atoms with Crippen molar-refractivity contribution in [3.8, 4) is 0 Å². The van der Waals surface area contributed by atoms with Crippen molar-refractivity contribution in [2.75, 3.05) is 5.75 Å². The lowest BCUT2D eigenvalue weighted by Gasteiger charge is -2.24. The number of aromatic amines is 1. The van der Waals surface area contributed by atoms with Crippen LogP contribution < -0.4 is 11.2 Å². The van der Waals surface area contributed by atoms with Crippen LogP contribution in [0, 0.1) is 0 Å². The molecule has 0 bridgehead atoms. The van der Waals surface area contributed by atoms with E-state index in [2.05, 4.69) is 4.98 Å². The highest BCUT2D eigenvalue weighted by Crippen LogP contribution is 2.28. The smallest absolute Gasteiger partial charge is 0.310 e. The van der Waals surface area contributed by atoms with Crippen molar-refractivity contribution in [1.82, 2.24) is 9.55 Å². The Morgan fingerprint density at radius 1 is 1.11 bits per heavy atom. The fourth-order valence-corrected chi connectivity index (χ4v) is 4.04. The van der Waals surface area contributed by atoms with Crippen LogP contribution >= 0.6 is 11.8 Å². The number of hydrogen-bond acceptors (Lipinski definition) is 3. The molecule has 18 heavy (non-hydrogen) atoms. The first kappa shape index (κ1) is 12.1. The van der Waals surface area contributed by atoms with Crippen LogP contribution in [0.4, 0.5) is 0 Å². The minimum Gasteiger partial charge on any atom is -0.310 e. The summed E-state index contributed by atoms with van der Waals surface area (Å²) in [4.78, 5) is 28.3. The SMILES string of the molecule is O=c1[nH]c2c(c(=O)n1C1CCCCC1)SCCC2. The summed E-state index contributed by atoms with van der Waals surface area (Å²) in [6.45, 7) is 0. The van der Waals surface area contributed by atoms with Crippen molar-refractivity contribution < 1.29 is 0 Å². The number of fused-ring (bicyclic) bond motifs is 1. The first-order valence-electron chi connectivity index (χ1n) is 6.78. The number of nitrogens with zero attached hydrogens (tertiary/aromatic N) is 1. The summed E-state index contributed by atoms with van der Waals surface area (Å²) in [6.07, 6.45) is 7.28. The van der Waals surface area contributed by atoms with E-state index in [1.54, 1.807) is 11.8 Å². The van der Waals surface area contributed by atoms with E-state index < -0.39 is 0 Å². The van der Waals surface area contributed by atoms with Gasteiger partial charge in [0.2, 0.25) is 0 Å². The van der Waals surface area contributed by atoms with E-state index in [0.29, 0.717) is 0 Å². The molecule has 0 unspecified atom stereocenters. The lowest BCUT2D eigenvalue weighted by atomic mass is 9.95. The zero-order chi connectivity index (χ0) is 12.5. The first-order valence-corrected chi connectivity index (χ1v) is 7.76. The zero-order valence-corrected chi connectivity index (χ0v) is 11.2. The molecule has 3 rings (SSSR count). The Labute approximate surface area is 110 Å². The highest BCUT2D eigenvalue weighted by molar-refractivity contribution is 7.99. The molecule has 1 fully saturated rings. The van der Waals surface area contributed by atoms with Crippen LogP contribution in [0.15, 0.2) is 14.5 Å². The van der Waals surface area contributed by atoms with Gasteiger partial charge >= 0.3 is 5.69 Å². The largest absolute Gasteiger partial charge is 0.328 e. The molecular weight excluding hydrogens is 248 g/mol. The molecule has 4 nitrogen and oxygen atoms in total. The van der Waals surface area contributed by atoms with Gasteiger partial charge in [-0.25, -0.2) is 4.79 Å².